The number of rotatable bonds is 6. The number of hydrogen-bond acceptors (Lipinski definition) is 5. The molecule has 3 aromatic rings. The Kier molecular flexibility index (Phi) is 5.98. The summed E-state index contributed by atoms with van der Waals surface area (Å²) in [5.74, 6) is -0.584. The quantitative estimate of drug-likeness (QED) is 0.659. The summed E-state index contributed by atoms with van der Waals surface area (Å²) in [7, 11) is 1.33. The summed E-state index contributed by atoms with van der Waals surface area (Å²) >= 11 is 1.64. The number of thiazole rings is 1. The van der Waals surface area contributed by atoms with Gasteiger partial charge in [-0.3, -0.25) is 4.79 Å². The molecule has 1 heterocycles. The van der Waals surface area contributed by atoms with Crippen LogP contribution in [-0.2, 0) is 11.2 Å². The average molecular weight is 380 g/mol. The van der Waals surface area contributed by atoms with Gasteiger partial charge in [0.15, 0.2) is 0 Å². The first-order valence-corrected chi connectivity index (χ1v) is 9.43. The number of aromatic nitrogens is 1. The molecule has 3 rings (SSSR count). The Bertz CT molecular complexity index is 931. The highest BCUT2D eigenvalue weighted by Gasteiger charge is 2.09. The van der Waals surface area contributed by atoms with Crippen molar-refractivity contribution in [1.82, 2.24) is 10.3 Å². The van der Waals surface area contributed by atoms with E-state index in [1.165, 1.54) is 7.11 Å². The molecule has 27 heavy (non-hydrogen) atoms. The molecule has 1 aromatic heterocycles. The number of hydrogen-bond donors (Lipinski definition) is 1. The van der Waals surface area contributed by atoms with E-state index in [1.54, 1.807) is 35.6 Å². The summed E-state index contributed by atoms with van der Waals surface area (Å²) in [6, 6.07) is 14.6. The van der Waals surface area contributed by atoms with Gasteiger partial charge in [-0.1, -0.05) is 24.3 Å². The van der Waals surface area contributed by atoms with Crippen molar-refractivity contribution in [2.45, 2.75) is 13.3 Å². The number of nitrogens with zero attached hydrogens (tertiary/aromatic N) is 1. The van der Waals surface area contributed by atoms with Crippen LogP contribution >= 0.6 is 11.3 Å². The van der Waals surface area contributed by atoms with Gasteiger partial charge in [0.2, 0.25) is 0 Å². The molecule has 5 nitrogen and oxygen atoms in total. The molecule has 0 fully saturated rings. The van der Waals surface area contributed by atoms with Gasteiger partial charge in [0, 0.05) is 23.1 Å². The standard InChI is InChI=1S/C21H20N2O3S/c1-14-23-19(13-27-14)16-5-3-15(4-6-16)11-12-22-20(24)17-7-9-18(10-8-17)21(25)26-2/h3-10,13H,11-12H2,1-2H3,(H,22,24). The fraction of sp³-hybridized carbons (Fsp3) is 0.190. The molecule has 0 saturated carbocycles. The molecule has 0 radical (unpaired) electrons. The van der Waals surface area contributed by atoms with Crippen molar-refractivity contribution in [2.75, 3.05) is 13.7 Å². The second kappa shape index (κ2) is 8.60. The fourth-order valence-electron chi connectivity index (χ4n) is 2.64. The highest BCUT2D eigenvalue weighted by molar-refractivity contribution is 7.09. The first kappa shape index (κ1) is 18.8. The van der Waals surface area contributed by atoms with Gasteiger partial charge in [0.25, 0.3) is 5.91 Å². The van der Waals surface area contributed by atoms with Crippen LogP contribution in [0.25, 0.3) is 11.3 Å². The van der Waals surface area contributed by atoms with Gasteiger partial charge < -0.3 is 10.1 Å². The maximum Gasteiger partial charge on any atom is 0.337 e. The molecule has 6 heteroatoms. The Labute approximate surface area is 162 Å². The van der Waals surface area contributed by atoms with E-state index in [1.807, 2.05) is 6.92 Å². The lowest BCUT2D eigenvalue weighted by Crippen LogP contribution is -2.25. The Morgan fingerprint density at radius 3 is 2.30 bits per heavy atom. The van der Waals surface area contributed by atoms with E-state index in [0.717, 1.165) is 28.2 Å². The van der Waals surface area contributed by atoms with E-state index in [9.17, 15) is 9.59 Å². The molecule has 0 bridgehead atoms. The number of nitrogens with one attached hydrogen (secondary N) is 1. The zero-order chi connectivity index (χ0) is 19.2. The van der Waals surface area contributed by atoms with E-state index in [2.05, 4.69) is 44.7 Å². The minimum atomic E-state index is -0.418. The maximum atomic E-state index is 12.2. The van der Waals surface area contributed by atoms with Crippen molar-refractivity contribution in [2.24, 2.45) is 0 Å². The third-order valence-corrected chi connectivity index (χ3v) is 4.91. The number of esters is 1. The Morgan fingerprint density at radius 2 is 1.70 bits per heavy atom. The topological polar surface area (TPSA) is 68.3 Å². The Morgan fingerprint density at radius 1 is 1.04 bits per heavy atom. The summed E-state index contributed by atoms with van der Waals surface area (Å²) in [6.45, 7) is 2.53. The van der Waals surface area contributed by atoms with Crippen molar-refractivity contribution in [3.63, 3.8) is 0 Å². The molecular formula is C21H20N2O3S. The summed E-state index contributed by atoms with van der Waals surface area (Å²) in [5, 5.41) is 6.00. The molecule has 1 N–H and O–H groups in total. The second-order valence-corrected chi connectivity index (χ2v) is 7.09. The van der Waals surface area contributed by atoms with Crippen LogP contribution in [0.4, 0.5) is 0 Å². The number of carbonyl (C=O) groups excluding carboxylic acids is 2. The smallest absolute Gasteiger partial charge is 0.337 e. The Balaban J connectivity index is 1.51. The molecule has 1 amide bonds. The summed E-state index contributed by atoms with van der Waals surface area (Å²) in [4.78, 5) is 28.1. The van der Waals surface area contributed by atoms with Crippen molar-refractivity contribution < 1.29 is 14.3 Å². The zero-order valence-corrected chi connectivity index (χ0v) is 16.0. The van der Waals surface area contributed by atoms with Gasteiger partial charge in [-0.25, -0.2) is 9.78 Å². The Hall–Kier alpha value is -2.99. The predicted octanol–water partition coefficient (Wildman–Crippen LogP) is 3.88. The summed E-state index contributed by atoms with van der Waals surface area (Å²) < 4.78 is 4.65. The van der Waals surface area contributed by atoms with Crippen molar-refractivity contribution in [3.8, 4) is 11.3 Å². The zero-order valence-electron chi connectivity index (χ0n) is 15.2. The van der Waals surface area contributed by atoms with Gasteiger partial charge >= 0.3 is 5.97 Å². The van der Waals surface area contributed by atoms with Gasteiger partial charge in [0.1, 0.15) is 0 Å². The number of methoxy groups -OCH3 is 1. The molecule has 0 aliphatic carbocycles. The van der Waals surface area contributed by atoms with Gasteiger partial charge in [-0.05, 0) is 43.2 Å². The van der Waals surface area contributed by atoms with E-state index in [0.29, 0.717) is 17.7 Å². The molecule has 0 spiro atoms. The SMILES string of the molecule is COC(=O)c1ccc(C(=O)NCCc2ccc(-c3csc(C)n3)cc2)cc1. The van der Waals surface area contributed by atoms with Crippen LogP contribution in [0.3, 0.4) is 0 Å². The van der Waals surface area contributed by atoms with Gasteiger partial charge in [-0.15, -0.1) is 11.3 Å². The highest BCUT2D eigenvalue weighted by Crippen LogP contribution is 2.21. The lowest BCUT2D eigenvalue weighted by atomic mass is 10.1. The van der Waals surface area contributed by atoms with Crippen molar-refractivity contribution in [1.29, 1.82) is 0 Å². The summed E-state index contributed by atoms with van der Waals surface area (Å²) in [5.41, 5.74) is 4.17. The fourth-order valence-corrected chi connectivity index (χ4v) is 3.26. The lowest BCUT2D eigenvalue weighted by Gasteiger charge is -2.07. The van der Waals surface area contributed by atoms with Crippen LogP contribution in [0.5, 0.6) is 0 Å². The molecular weight excluding hydrogens is 360 g/mol. The van der Waals surface area contributed by atoms with E-state index < -0.39 is 5.97 Å². The third kappa shape index (κ3) is 4.80. The number of carbonyl (C=O) groups is 2. The number of amides is 1. The van der Waals surface area contributed by atoms with E-state index >= 15 is 0 Å². The van der Waals surface area contributed by atoms with Crippen LogP contribution in [0, 0.1) is 6.92 Å². The molecule has 138 valence electrons. The van der Waals surface area contributed by atoms with Crippen LogP contribution in [0.15, 0.2) is 53.9 Å². The predicted molar refractivity (Wildman–Crippen MR) is 106 cm³/mol. The van der Waals surface area contributed by atoms with Crippen molar-refractivity contribution in [3.05, 3.63) is 75.6 Å². The highest BCUT2D eigenvalue weighted by atomic mass is 32.1. The van der Waals surface area contributed by atoms with Gasteiger partial charge in [0.05, 0.1) is 23.4 Å². The molecule has 0 aliphatic heterocycles. The average Bonchev–Trinajstić information content (AvgIpc) is 3.14. The molecule has 2 aromatic carbocycles. The minimum absolute atomic E-state index is 0.166. The maximum absolute atomic E-state index is 12.2. The lowest BCUT2D eigenvalue weighted by molar-refractivity contribution is 0.0600. The first-order valence-electron chi connectivity index (χ1n) is 8.55. The van der Waals surface area contributed by atoms with E-state index in [-0.39, 0.29) is 5.91 Å². The molecule has 0 aliphatic rings. The van der Waals surface area contributed by atoms with Crippen LogP contribution in [0.1, 0.15) is 31.3 Å². The van der Waals surface area contributed by atoms with Gasteiger partial charge in [-0.2, -0.15) is 0 Å². The summed E-state index contributed by atoms with van der Waals surface area (Å²) in [6.07, 6.45) is 0.738. The first-order chi connectivity index (χ1) is 13.1. The number of aryl methyl sites for hydroxylation is 1. The van der Waals surface area contributed by atoms with Crippen LogP contribution in [0.2, 0.25) is 0 Å². The normalized spacial score (nSPS) is 10.4. The third-order valence-electron chi connectivity index (χ3n) is 4.14. The minimum Gasteiger partial charge on any atom is -0.465 e. The van der Waals surface area contributed by atoms with E-state index in [4.69, 9.17) is 0 Å². The largest absolute Gasteiger partial charge is 0.465 e. The molecule has 0 unspecified atom stereocenters. The molecule has 0 atom stereocenters. The number of benzene rings is 2. The van der Waals surface area contributed by atoms with Crippen LogP contribution < -0.4 is 5.32 Å². The van der Waals surface area contributed by atoms with Crippen molar-refractivity contribution >= 4 is 23.2 Å². The molecule has 0 saturated heterocycles. The second-order valence-electron chi connectivity index (χ2n) is 6.02. The van der Waals surface area contributed by atoms with Crippen LogP contribution in [-0.4, -0.2) is 30.5 Å². The monoisotopic (exact) mass is 380 g/mol. The number of ether oxygens (including phenoxy) is 1.